The van der Waals surface area contributed by atoms with E-state index in [-0.39, 0.29) is 11.8 Å². The van der Waals surface area contributed by atoms with Gasteiger partial charge in [-0.25, -0.2) is 0 Å². The number of benzene rings is 1. The van der Waals surface area contributed by atoms with Gasteiger partial charge in [0.1, 0.15) is 0 Å². The largest absolute Gasteiger partial charge is 0.324 e. The van der Waals surface area contributed by atoms with Gasteiger partial charge in [-0.05, 0) is 31.4 Å². The molecule has 0 radical (unpaired) electrons. The molecule has 1 N–H and O–H groups in total. The van der Waals surface area contributed by atoms with E-state index >= 15 is 0 Å². The van der Waals surface area contributed by atoms with Crippen molar-refractivity contribution in [3.05, 3.63) is 28.8 Å². The molecule has 1 fully saturated rings. The maximum Gasteiger partial charge on any atom is 0.227 e. The summed E-state index contributed by atoms with van der Waals surface area (Å²) in [7, 11) is 0. The summed E-state index contributed by atoms with van der Waals surface area (Å²) in [6.45, 7) is 1.94. The van der Waals surface area contributed by atoms with E-state index in [1.807, 2.05) is 19.1 Å². The first kappa shape index (κ1) is 9.53. The molecule has 1 aromatic rings. The van der Waals surface area contributed by atoms with Crippen molar-refractivity contribution in [2.75, 3.05) is 5.32 Å². The summed E-state index contributed by atoms with van der Waals surface area (Å²) in [6, 6.07) is 5.61. The van der Waals surface area contributed by atoms with Crippen molar-refractivity contribution in [2.45, 2.75) is 19.8 Å². The third kappa shape index (κ3) is 1.90. The lowest BCUT2D eigenvalue weighted by molar-refractivity contribution is -0.117. The third-order valence-electron chi connectivity index (χ3n) is 2.42. The Morgan fingerprint density at radius 2 is 2.21 bits per heavy atom. The number of para-hydroxylation sites is 1. The van der Waals surface area contributed by atoms with Crippen molar-refractivity contribution in [3.8, 4) is 0 Å². The van der Waals surface area contributed by atoms with E-state index in [2.05, 4.69) is 5.32 Å². The van der Waals surface area contributed by atoms with Crippen LogP contribution in [-0.2, 0) is 4.79 Å². The van der Waals surface area contributed by atoms with Gasteiger partial charge in [-0.15, -0.1) is 0 Å². The molecule has 0 aromatic heterocycles. The average molecular weight is 210 g/mol. The van der Waals surface area contributed by atoms with Gasteiger partial charge in [0.15, 0.2) is 0 Å². The molecule has 1 amide bonds. The van der Waals surface area contributed by atoms with Crippen LogP contribution in [0.15, 0.2) is 18.2 Å². The Hall–Kier alpha value is -1.02. The monoisotopic (exact) mass is 209 g/mol. The number of carbonyl (C=O) groups excluding carboxylic acids is 1. The van der Waals surface area contributed by atoms with Gasteiger partial charge in [0.05, 0.1) is 10.7 Å². The van der Waals surface area contributed by atoms with Crippen LogP contribution in [0, 0.1) is 12.8 Å². The second-order valence-corrected chi connectivity index (χ2v) is 4.10. The molecule has 0 unspecified atom stereocenters. The van der Waals surface area contributed by atoms with Crippen molar-refractivity contribution in [1.29, 1.82) is 0 Å². The zero-order valence-corrected chi connectivity index (χ0v) is 8.77. The minimum atomic E-state index is 0.0983. The van der Waals surface area contributed by atoms with Gasteiger partial charge < -0.3 is 5.32 Å². The maximum absolute atomic E-state index is 11.5. The summed E-state index contributed by atoms with van der Waals surface area (Å²) in [5.41, 5.74) is 1.76. The minimum absolute atomic E-state index is 0.0983. The normalized spacial score (nSPS) is 15.3. The highest BCUT2D eigenvalue weighted by Gasteiger charge is 2.30. The van der Waals surface area contributed by atoms with Gasteiger partial charge in [-0.3, -0.25) is 4.79 Å². The zero-order valence-electron chi connectivity index (χ0n) is 8.01. The van der Waals surface area contributed by atoms with Crippen LogP contribution in [0.25, 0.3) is 0 Å². The second-order valence-electron chi connectivity index (χ2n) is 3.70. The summed E-state index contributed by atoms with van der Waals surface area (Å²) in [5.74, 6) is 0.312. The lowest BCUT2D eigenvalue weighted by atomic mass is 10.2. The molecule has 1 aromatic carbocycles. The van der Waals surface area contributed by atoms with Gasteiger partial charge in [0.2, 0.25) is 5.91 Å². The molecule has 2 rings (SSSR count). The van der Waals surface area contributed by atoms with Crippen molar-refractivity contribution in [2.24, 2.45) is 5.92 Å². The molecule has 0 atom stereocenters. The van der Waals surface area contributed by atoms with Crippen LogP contribution >= 0.6 is 11.6 Å². The van der Waals surface area contributed by atoms with Gasteiger partial charge in [-0.2, -0.15) is 0 Å². The highest BCUT2D eigenvalue weighted by Crippen LogP contribution is 2.32. The van der Waals surface area contributed by atoms with Crippen molar-refractivity contribution >= 4 is 23.2 Å². The Kier molecular flexibility index (Phi) is 2.46. The van der Waals surface area contributed by atoms with Crippen LogP contribution in [0.3, 0.4) is 0 Å². The number of hydrogen-bond acceptors (Lipinski definition) is 1. The lowest BCUT2D eigenvalue weighted by Gasteiger charge is -2.09. The summed E-state index contributed by atoms with van der Waals surface area (Å²) >= 11 is 5.98. The lowest BCUT2D eigenvalue weighted by Crippen LogP contribution is -2.14. The summed E-state index contributed by atoms with van der Waals surface area (Å²) in [5, 5.41) is 3.48. The topological polar surface area (TPSA) is 29.1 Å². The third-order valence-corrected chi connectivity index (χ3v) is 2.73. The van der Waals surface area contributed by atoms with Crippen LogP contribution in [-0.4, -0.2) is 5.91 Å². The van der Waals surface area contributed by atoms with E-state index in [9.17, 15) is 4.79 Å². The molecule has 0 heterocycles. The first-order chi connectivity index (χ1) is 6.68. The quantitative estimate of drug-likeness (QED) is 0.797. The first-order valence-electron chi connectivity index (χ1n) is 4.74. The number of anilines is 1. The Labute approximate surface area is 88.3 Å². The number of amides is 1. The predicted molar refractivity (Wildman–Crippen MR) is 57.5 cm³/mol. The molecule has 0 saturated heterocycles. The summed E-state index contributed by atoms with van der Waals surface area (Å²) < 4.78 is 0. The SMILES string of the molecule is Cc1cccc(Cl)c1NC(=O)C1CC1. The molecule has 0 bridgehead atoms. The average Bonchev–Trinajstić information content (AvgIpc) is 2.94. The van der Waals surface area contributed by atoms with E-state index in [1.165, 1.54) is 0 Å². The highest BCUT2D eigenvalue weighted by molar-refractivity contribution is 6.33. The van der Waals surface area contributed by atoms with Gasteiger partial charge in [-0.1, -0.05) is 23.7 Å². The smallest absolute Gasteiger partial charge is 0.227 e. The van der Waals surface area contributed by atoms with Gasteiger partial charge in [0.25, 0.3) is 0 Å². The zero-order chi connectivity index (χ0) is 10.1. The van der Waals surface area contributed by atoms with E-state index < -0.39 is 0 Å². The fraction of sp³-hybridized carbons (Fsp3) is 0.364. The van der Waals surface area contributed by atoms with Gasteiger partial charge >= 0.3 is 0 Å². The van der Waals surface area contributed by atoms with Crippen LogP contribution in [0.2, 0.25) is 5.02 Å². The van der Waals surface area contributed by atoms with E-state index in [1.54, 1.807) is 6.07 Å². The Morgan fingerprint density at radius 1 is 1.50 bits per heavy atom. The Morgan fingerprint density at radius 3 is 2.79 bits per heavy atom. The molecule has 1 aliphatic carbocycles. The molecule has 0 aliphatic heterocycles. The highest BCUT2D eigenvalue weighted by atomic mass is 35.5. The fourth-order valence-corrected chi connectivity index (χ4v) is 1.63. The number of rotatable bonds is 2. The molecule has 0 spiro atoms. The van der Waals surface area contributed by atoms with E-state index in [0.29, 0.717) is 5.02 Å². The molecule has 74 valence electrons. The predicted octanol–water partition coefficient (Wildman–Crippen LogP) is 3.00. The van der Waals surface area contributed by atoms with Crippen LogP contribution in [0.4, 0.5) is 5.69 Å². The van der Waals surface area contributed by atoms with Gasteiger partial charge in [0, 0.05) is 5.92 Å². The molecular weight excluding hydrogens is 198 g/mol. The molecule has 1 aliphatic rings. The van der Waals surface area contributed by atoms with Crippen LogP contribution in [0.1, 0.15) is 18.4 Å². The molecule has 1 saturated carbocycles. The molecule has 14 heavy (non-hydrogen) atoms. The number of hydrogen-bond donors (Lipinski definition) is 1. The number of carbonyl (C=O) groups is 1. The standard InChI is InChI=1S/C11H12ClNO/c1-7-3-2-4-9(12)10(7)13-11(14)8-5-6-8/h2-4,8H,5-6H2,1H3,(H,13,14). The number of halogens is 1. The number of nitrogens with one attached hydrogen (secondary N) is 1. The Bertz CT molecular complexity index is 351. The number of aryl methyl sites for hydroxylation is 1. The molecular formula is C11H12ClNO. The fourth-order valence-electron chi connectivity index (χ4n) is 1.36. The van der Waals surface area contributed by atoms with Crippen molar-refractivity contribution in [1.82, 2.24) is 0 Å². The van der Waals surface area contributed by atoms with Crippen molar-refractivity contribution in [3.63, 3.8) is 0 Å². The van der Waals surface area contributed by atoms with E-state index in [4.69, 9.17) is 11.6 Å². The summed E-state index contributed by atoms with van der Waals surface area (Å²) in [4.78, 5) is 11.5. The molecule has 2 nitrogen and oxygen atoms in total. The van der Waals surface area contributed by atoms with Crippen molar-refractivity contribution < 1.29 is 4.79 Å². The minimum Gasteiger partial charge on any atom is -0.324 e. The van der Waals surface area contributed by atoms with E-state index in [0.717, 1.165) is 24.1 Å². The maximum atomic E-state index is 11.5. The second kappa shape index (κ2) is 3.62. The van der Waals surface area contributed by atoms with Crippen LogP contribution in [0.5, 0.6) is 0 Å². The summed E-state index contributed by atoms with van der Waals surface area (Å²) in [6.07, 6.45) is 2.02. The Balaban J connectivity index is 2.18. The van der Waals surface area contributed by atoms with Crippen LogP contribution < -0.4 is 5.32 Å². The molecule has 3 heteroatoms. The first-order valence-corrected chi connectivity index (χ1v) is 5.12.